The third kappa shape index (κ3) is 2.19. The molecule has 21 heavy (non-hydrogen) atoms. The summed E-state index contributed by atoms with van der Waals surface area (Å²) in [7, 11) is 1.27. The first-order chi connectivity index (χ1) is 10.2. The Morgan fingerprint density at radius 2 is 2.33 bits per heavy atom. The number of hydrogen-bond acceptors (Lipinski definition) is 5. The molecule has 108 valence electrons. The minimum Gasteiger partial charge on any atom is -0.465 e. The van der Waals surface area contributed by atoms with E-state index in [-0.39, 0.29) is 17.3 Å². The average Bonchev–Trinajstić information content (AvgIpc) is 3.25. The zero-order valence-electron chi connectivity index (χ0n) is 11.7. The second-order valence-electron chi connectivity index (χ2n) is 5.11. The smallest absolute Gasteiger partial charge is 0.339 e. The second-order valence-corrected chi connectivity index (χ2v) is 5.11. The van der Waals surface area contributed by atoms with Gasteiger partial charge < -0.3 is 4.74 Å². The zero-order valence-corrected chi connectivity index (χ0v) is 11.7. The molecule has 0 N–H and O–H groups in total. The Hall–Kier alpha value is -2.60. The maximum Gasteiger partial charge on any atom is 0.339 e. The van der Waals surface area contributed by atoms with Crippen molar-refractivity contribution in [2.45, 2.75) is 25.8 Å². The fourth-order valence-corrected chi connectivity index (χ4v) is 2.47. The Kier molecular flexibility index (Phi) is 3.23. The highest BCUT2D eigenvalue weighted by atomic mass is 16.5. The molecule has 0 radical (unpaired) electrons. The van der Waals surface area contributed by atoms with Gasteiger partial charge in [0.1, 0.15) is 0 Å². The largest absolute Gasteiger partial charge is 0.465 e. The maximum absolute atomic E-state index is 11.7. The van der Waals surface area contributed by atoms with Gasteiger partial charge in [-0.15, -0.1) is 0 Å². The summed E-state index contributed by atoms with van der Waals surface area (Å²) in [6.07, 6.45) is 5.32. The number of ether oxygens (including phenoxy) is 1. The molecule has 1 atom stereocenters. The lowest BCUT2D eigenvalue weighted by Gasteiger charge is -2.12. The number of rotatable bonds is 4. The predicted molar refractivity (Wildman–Crippen MR) is 75.1 cm³/mol. The van der Waals surface area contributed by atoms with Crippen LogP contribution in [-0.2, 0) is 4.74 Å². The first kappa shape index (κ1) is 13.4. The number of carbonyl (C=O) groups is 1. The van der Waals surface area contributed by atoms with Gasteiger partial charge in [-0.05, 0) is 31.2 Å². The molecular formula is C13H14N6O2. The quantitative estimate of drug-likeness (QED) is 0.372. The number of nitrogens with zero attached hydrogens (tertiary/aromatic N) is 6. The summed E-state index contributed by atoms with van der Waals surface area (Å²) in [5.74, 6) is 0.0212. The monoisotopic (exact) mass is 286 g/mol. The van der Waals surface area contributed by atoms with Gasteiger partial charge in [0.25, 0.3) is 0 Å². The lowest BCUT2D eigenvalue weighted by atomic mass is 10.2. The van der Waals surface area contributed by atoms with Gasteiger partial charge in [0.2, 0.25) is 0 Å². The summed E-state index contributed by atoms with van der Waals surface area (Å²) in [5, 5.41) is 8.53. The van der Waals surface area contributed by atoms with E-state index in [2.05, 4.69) is 31.8 Å². The van der Waals surface area contributed by atoms with E-state index in [1.165, 1.54) is 26.1 Å². The molecule has 1 aliphatic rings. The molecule has 8 heteroatoms. The van der Waals surface area contributed by atoms with Gasteiger partial charge in [-0.1, -0.05) is 5.11 Å². The Morgan fingerprint density at radius 1 is 1.57 bits per heavy atom. The molecule has 1 unspecified atom stereocenters. The SMILES string of the molecule is COC(=O)c1cnc2c(cnn2C(C)C2CC2)c1N=[N+]=[N-]. The van der Waals surface area contributed by atoms with Crippen molar-refractivity contribution in [2.24, 2.45) is 11.0 Å². The van der Waals surface area contributed by atoms with E-state index >= 15 is 0 Å². The van der Waals surface area contributed by atoms with Crippen molar-refractivity contribution in [3.05, 3.63) is 28.4 Å². The van der Waals surface area contributed by atoms with Crippen LogP contribution in [0.1, 0.15) is 36.2 Å². The van der Waals surface area contributed by atoms with Crippen molar-refractivity contribution in [3.63, 3.8) is 0 Å². The van der Waals surface area contributed by atoms with Gasteiger partial charge in [-0.2, -0.15) is 5.10 Å². The topological polar surface area (TPSA) is 106 Å². The molecule has 2 aromatic heterocycles. The van der Waals surface area contributed by atoms with Gasteiger partial charge in [0, 0.05) is 16.5 Å². The highest BCUT2D eigenvalue weighted by molar-refractivity contribution is 6.02. The third-order valence-corrected chi connectivity index (χ3v) is 3.84. The molecule has 2 aromatic rings. The van der Waals surface area contributed by atoms with Crippen LogP contribution in [0.25, 0.3) is 21.5 Å². The standard InChI is InChI=1S/C13H14N6O2/c1-7(8-3-4-8)19-12-9(6-16-19)11(17-18-14)10(5-15-12)13(20)21-2/h5-8H,3-4H2,1-2H3. The molecule has 0 spiro atoms. The van der Waals surface area contributed by atoms with Crippen LogP contribution in [0.3, 0.4) is 0 Å². The van der Waals surface area contributed by atoms with E-state index in [1.807, 2.05) is 4.68 Å². The van der Waals surface area contributed by atoms with E-state index in [9.17, 15) is 4.79 Å². The maximum atomic E-state index is 11.7. The highest BCUT2D eigenvalue weighted by Gasteiger charge is 2.31. The first-order valence-electron chi connectivity index (χ1n) is 6.67. The van der Waals surface area contributed by atoms with Crippen LogP contribution in [0.2, 0.25) is 0 Å². The third-order valence-electron chi connectivity index (χ3n) is 3.84. The van der Waals surface area contributed by atoms with Crippen molar-refractivity contribution >= 4 is 22.7 Å². The van der Waals surface area contributed by atoms with Crippen molar-refractivity contribution in [2.75, 3.05) is 7.11 Å². The Labute approximate surface area is 120 Å². The highest BCUT2D eigenvalue weighted by Crippen LogP contribution is 2.41. The van der Waals surface area contributed by atoms with Crippen LogP contribution in [0.4, 0.5) is 5.69 Å². The van der Waals surface area contributed by atoms with E-state index < -0.39 is 5.97 Å². The fourth-order valence-electron chi connectivity index (χ4n) is 2.47. The lowest BCUT2D eigenvalue weighted by molar-refractivity contribution is 0.0601. The summed E-state index contributed by atoms with van der Waals surface area (Å²) in [4.78, 5) is 18.8. The van der Waals surface area contributed by atoms with Crippen LogP contribution in [0.5, 0.6) is 0 Å². The van der Waals surface area contributed by atoms with Gasteiger partial charge in [-0.3, -0.25) is 0 Å². The summed E-state index contributed by atoms with van der Waals surface area (Å²) < 4.78 is 6.51. The molecule has 0 aliphatic heterocycles. The Balaban J connectivity index is 2.19. The first-order valence-corrected chi connectivity index (χ1v) is 6.67. The number of pyridine rings is 1. The number of methoxy groups -OCH3 is 1. The zero-order chi connectivity index (χ0) is 15.0. The van der Waals surface area contributed by atoms with E-state index in [0.29, 0.717) is 17.0 Å². The Morgan fingerprint density at radius 3 is 2.95 bits per heavy atom. The Bertz CT molecular complexity index is 757. The summed E-state index contributed by atoms with van der Waals surface area (Å²) in [6, 6.07) is 0.234. The number of azide groups is 1. The number of carbonyl (C=O) groups excluding carboxylic acids is 1. The van der Waals surface area contributed by atoms with Crippen molar-refractivity contribution in [3.8, 4) is 0 Å². The van der Waals surface area contributed by atoms with Gasteiger partial charge >= 0.3 is 5.97 Å². The molecule has 1 aliphatic carbocycles. The van der Waals surface area contributed by atoms with E-state index in [4.69, 9.17) is 5.53 Å². The molecule has 1 fully saturated rings. The number of esters is 1. The van der Waals surface area contributed by atoms with Crippen LogP contribution < -0.4 is 0 Å². The summed E-state index contributed by atoms with van der Waals surface area (Å²) in [5.41, 5.74) is 9.70. The minimum absolute atomic E-state index is 0.140. The molecule has 0 saturated heterocycles. The van der Waals surface area contributed by atoms with Gasteiger partial charge in [0.15, 0.2) is 5.65 Å². The molecular weight excluding hydrogens is 272 g/mol. The summed E-state index contributed by atoms with van der Waals surface area (Å²) in [6.45, 7) is 2.09. The van der Waals surface area contributed by atoms with Crippen LogP contribution in [-0.4, -0.2) is 27.8 Å². The number of fused-ring (bicyclic) bond motifs is 1. The van der Waals surface area contributed by atoms with Crippen LogP contribution in [0.15, 0.2) is 17.5 Å². The van der Waals surface area contributed by atoms with Gasteiger partial charge in [-0.25, -0.2) is 14.5 Å². The molecule has 0 bridgehead atoms. The minimum atomic E-state index is -0.588. The number of hydrogen-bond donors (Lipinski definition) is 0. The normalized spacial score (nSPS) is 15.5. The van der Waals surface area contributed by atoms with Crippen LogP contribution >= 0.6 is 0 Å². The van der Waals surface area contributed by atoms with E-state index in [1.54, 1.807) is 6.20 Å². The second kappa shape index (κ2) is 5.06. The molecule has 1 saturated carbocycles. The van der Waals surface area contributed by atoms with E-state index in [0.717, 1.165) is 0 Å². The number of aromatic nitrogens is 3. The summed E-state index contributed by atoms with van der Waals surface area (Å²) >= 11 is 0. The van der Waals surface area contributed by atoms with Crippen LogP contribution in [0, 0.1) is 5.92 Å². The molecule has 0 aromatic carbocycles. The van der Waals surface area contributed by atoms with Gasteiger partial charge in [0.05, 0.1) is 30.6 Å². The van der Waals surface area contributed by atoms with Crippen molar-refractivity contribution in [1.82, 2.24) is 14.8 Å². The molecule has 2 heterocycles. The van der Waals surface area contributed by atoms with Crippen molar-refractivity contribution < 1.29 is 9.53 Å². The molecule has 0 amide bonds. The molecule has 8 nitrogen and oxygen atoms in total. The lowest BCUT2D eigenvalue weighted by Crippen LogP contribution is -2.10. The predicted octanol–water partition coefficient (Wildman–Crippen LogP) is 3.13. The fraction of sp³-hybridized carbons (Fsp3) is 0.462. The average molecular weight is 286 g/mol. The molecule has 3 rings (SSSR count). The van der Waals surface area contributed by atoms with Crippen molar-refractivity contribution in [1.29, 1.82) is 0 Å².